The van der Waals surface area contributed by atoms with Crippen molar-refractivity contribution in [3.8, 4) is 11.8 Å². The maximum Gasteiger partial charge on any atom is 0.258 e. The molecule has 1 heterocycles. The molecule has 0 fully saturated rings. The minimum Gasteiger partial charge on any atom is -0.384 e. The molecule has 2 N–H and O–H groups in total. The number of benzene rings is 1. The zero-order chi connectivity index (χ0) is 15.2. The lowest BCUT2D eigenvalue weighted by molar-refractivity contribution is 0.102. The standard InChI is InChI=1S/C16H13FN2O2/c1-11-9-13(6-7-18-11)19-16(21)14-5-4-12(3-2-8-20)10-15(14)17/h4-7,9-10,20H,8H2,1H3,(H,18,19,21). The molecule has 1 aromatic carbocycles. The Morgan fingerprint density at radius 1 is 1.38 bits per heavy atom. The first-order chi connectivity index (χ1) is 10.1. The molecule has 2 aromatic rings. The van der Waals surface area contributed by atoms with E-state index in [9.17, 15) is 9.18 Å². The molecule has 5 heteroatoms. The molecule has 0 bridgehead atoms. The SMILES string of the molecule is Cc1cc(NC(=O)c2ccc(C#CCO)cc2F)ccn1. The second-order valence-electron chi connectivity index (χ2n) is 4.29. The average Bonchev–Trinajstić information content (AvgIpc) is 2.45. The van der Waals surface area contributed by atoms with Gasteiger partial charge in [0.2, 0.25) is 0 Å². The Morgan fingerprint density at radius 2 is 2.19 bits per heavy atom. The van der Waals surface area contributed by atoms with Crippen LogP contribution in [0, 0.1) is 24.6 Å². The fourth-order valence-corrected chi connectivity index (χ4v) is 1.74. The Labute approximate surface area is 121 Å². The second-order valence-corrected chi connectivity index (χ2v) is 4.29. The number of nitrogens with one attached hydrogen (secondary N) is 1. The van der Waals surface area contributed by atoms with Crippen LogP contribution in [0.1, 0.15) is 21.6 Å². The van der Waals surface area contributed by atoms with Crippen LogP contribution in [-0.4, -0.2) is 22.6 Å². The number of amides is 1. The van der Waals surface area contributed by atoms with E-state index in [0.717, 1.165) is 11.8 Å². The number of nitrogens with zero attached hydrogens (tertiary/aromatic N) is 1. The number of hydrogen-bond acceptors (Lipinski definition) is 3. The molecule has 1 amide bonds. The zero-order valence-corrected chi connectivity index (χ0v) is 11.4. The first-order valence-corrected chi connectivity index (χ1v) is 6.23. The van der Waals surface area contributed by atoms with Crippen molar-refractivity contribution in [1.29, 1.82) is 0 Å². The lowest BCUT2D eigenvalue weighted by atomic mass is 10.1. The molecular weight excluding hydrogens is 271 g/mol. The highest BCUT2D eigenvalue weighted by atomic mass is 19.1. The number of pyridine rings is 1. The van der Waals surface area contributed by atoms with Crippen molar-refractivity contribution < 1.29 is 14.3 Å². The molecule has 2 rings (SSSR count). The minimum absolute atomic E-state index is 0.0704. The number of carbonyl (C=O) groups is 1. The van der Waals surface area contributed by atoms with Crippen molar-refractivity contribution in [2.45, 2.75) is 6.92 Å². The lowest BCUT2D eigenvalue weighted by Gasteiger charge is -2.06. The van der Waals surface area contributed by atoms with Crippen LogP contribution in [0.4, 0.5) is 10.1 Å². The molecule has 0 spiro atoms. The van der Waals surface area contributed by atoms with E-state index in [1.807, 2.05) is 0 Å². The van der Waals surface area contributed by atoms with Crippen molar-refractivity contribution in [3.63, 3.8) is 0 Å². The molecular formula is C16H13FN2O2. The maximum absolute atomic E-state index is 13.9. The summed E-state index contributed by atoms with van der Waals surface area (Å²) in [4.78, 5) is 16.0. The van der Waals surface area contributed by atoms with Gasteiger partial charge in [-0.15, -0.1) is 0 Å². The summed E-state index contributed by atoms with van der Waals surface area (Å²) in [6, 6.07) is 7.37. The number of aliphatic hydroxyl groups is 1. The van der Waals surface area contributed by atoms with Crippen LogP contribution in [0.25, 0.3) is 0 Å². The van der Waals surface area contributed by atoms with Crippen molar-refractivity contribution >= 4 is 11.6 Å². The molecule has 0 saturated heterocycles. The minimum atomic E-state index is -0.664. The zero-order valence-electron chi connectivity index (χ0n) is 11.4. The van der Waals surface area contributed by atoms with Crippen LogP contribution in [0.5, 0.6) is 0 Å². The number of halogens is 1. The molecule has 21 heavy (non-hydrogen) atoms. The van der Waals surface area contributed by atoms with Gasteiger partial charge >= 0.3 is 0 Å². The number of carbonyl (C=O) groups excluding carboxylic acids is 1. The van der Waals surface area contributed by atoms with Crippen LogP contribution < -0.4 is 5.32 Å². The highest BCUT2D eigenvalue weighted by Gasteiger charge is 2.12. The third kappa shape index (κ3) is 3.88. The summed E-state index contributed by atoms with van der Waals surface area (Å²) in [5, 5.41) is 11.2. The summed E-state index contributed by atoms with van der Waals surface area (Å²) in [6.07, 6.45) is 1.56. The number of rotatable bonds is 2. The van der Waals surface area contributed by atoms with Gasteiger partial charge in [-0.05, 0) is 37.3 Å². The first-order valence-electron chi connectivity index (χ1n) is 6.23. The van der Waals surface area contributed by atoms with Gasteiger partial charge in [-0.1, -0.05) is 11.8 Å². The Hall–Kier alpha value is -2.71. The van der Waals surface area contributed by atoms with E-state index in [1.54, 1.807) is 25.3 Å². The van der Waals surface area contributed by atoms with E-state index in [2.05, 4.69) is 22.1 Å². The van der Waals surface area contributed by atoms with Crippen LogP contribution in [0.15, 0.2) is 36.5 Å². The monoisotopic (exact) mass is 284 g/mol. The number of hydrogen-bond donors (Lipinski definition) is 2. The molecule has 0 atom stereocenters. The molecule has 4 nitrogen and oxygen atoms in total. The fourth-order valence-electron chi connectivity index (χ4n) is 1.74. The quantitative estimate of drug-likeness (QED) is 0.830. The van der Waals surface area contributed by atoms with Gasteiger partial charge in [-0.25, -0.2) is 4.39 Å². The van der Waals surface area contributed by atoms with Gasteiger partial charge in [0.25, 0.3) is 5.91 Å². The van der Waals surface area contributed by atoms with E-state index in [-0.39, 0.29) is 12.2 Å². The van der Waals surface area contributed by atoms with Crippen LogP contribution >= 0.6 is 0 Å². The second kappa shape index (κ2) is 6.64. The van der Waals surface area contributed by atoms with Crippen LogP contribution in [0.3, 0.4) is 0 Å². The lowest BCUT2D eigenvalue weighted by Crippen LogP contribution is -2.14. The van der Waals surface area contributed by atoms with Crippen molar-refractivity contribution in [3.05, 3.63) is 59.2 Å². The molecule has 1 aromatic heterocycles. The number of aryl methyl sites for hydroxylation is 1. The molecule has 0 radical (unpaired) electrons. The van der Waals surface area contributed by atoms with Gasteiger partial charge in [0, 0.05) is 23.1 Å². The smallest absolute Gasteiger partial charge is 0.258 e. The number of aliphatic hydroxyl groups excluding tert-OH is 1. The summed E-state index contributed by atoms with van der Waals surface area (Å²) in [5.41, 5.74) is 1.64. The van der Waals surface area contributed by atoms with Gasteiger partial charge in [0.05, 0.1) is 5.56 Å². The fraction of sp³-hybridized carbons (Fsp3) is 0.125. The van der Waals surface area contributed by atoms with Crippen LogP contribution in [0.2, 0.25) is 0 Å². The third-order valence-corrected chi connectivity index (χ3v) is 2.68. The van der Waals surface area contributed by atoms with Crippen molar-refractivity contribution in [1.82, 2.24) is 4.98 Å². The van der Waals surface area contributed by atoms with Gasteiger partial charge in [-0.3, -0.25) is 9.78 Å². The van der Waals surface area contributed by atoms with Crippen LogP contribution in [-0.2, 0) is 0 Å². The predicted molar refractivity (Wildman–Crippen MR) is 77.3 cm³/mol. The van der Waals surface area contributed by atoms with Gasteiger partial charge in [0.1, 0.15) is 12.4 Å². The molecule has 0 aliphatic heterocycles. The highest BCUT2D eigenvalue weighted by molar-refractivity contribution is 6.04. The largest absolute Gasteiger partial charge is 0.384 e. The Balaban J connectivity index is 2.20. The predicted octanol–water partition coefficient (Wildman–Crippen LogP) is 2.13. The van der Waals surface area contributed by atoms with Crippen molar-refractivity contribution in [2.75, 3.05) is 11.9 Å². The Bertz CT molecular complexity index is 733. The molecule has 0 saturated carbocycles. The van der Waals surface area contributed by atoms with E-state index in [0.29, 0.717) is 11.3 Å². The summed E-state index contributed by atoms with van der Waals surface area (Å²) in [6.45, 7) is 1.50. The summed E-state index contributed by atoms with van der Waals surface area (Å²) in [7, 11) is 0. The Morgan fingerprint density at radius 3 is 2.86 bits per heavy atom. The maximum atomic E-state index is 13.9. The normalized spacial score (nSPS) is 9.67. The van der Waals surface area contributed by atoms with E-state index >= 15 is 0 Å². The summed E-state index contributed by atoms with van der Waals surface area (Å²) < 4.78 is 13.9. The van der Waals surface area contributed by atoms with E-state index < -0.39 is 11.7 Å². The van der Waals surface area contributed by atoms with E-state index in [1.165, 1.54) is 12.1 Å². The highest BCUT2D eigenvalue weighted by Crippen LogP contribution is 2.14. The molecule has 0 aliphatic carbocycles. The summed E-state index contributed by atoms with van der Waals surface area (Å²) >= 11 is 0. The van der Waals surface area contributed by atoms with Gasteiger partial charge < -0.3 is 10.4 Å². The van der Waals surface area contributed by atoms with E-state index in [4.69, 9.17) is 5.11 Å². The first kappa shape index (κ1) is 14.7. The number of anilines is 1. The number of aromatic nitrogens is 1. The van der Waals surface area contributed by atoms with Gasteiger partial charge in [0.15, 0.2) is 0 Å². The third-order valence-electron chi connectivity index (χ3n) is 2.68. The Kier molecular flexibility index (Phi) is 4.64. The molecule has 0 aliphatic rings. The van der Waals surface area contributed by atoms with Gasteiger partial charge in [-0.2, -0.15) is 0 Å². The molecule has 0 unspecified atom stereocenters. The van der Waals surface area contributed by atoms with Crippen molar-refractivity contribution in [2.24, 2.45) is 0 Å². The topological polar surface area (TPSA) is 62.2 Å². The average molecular weight is 284 g/mol. The molecule has 106 valence electrons. The summed E-state index contributed by atoms with van der Waals surface area (Å²) in [5.74, 6) is 3.79.